The number of benzene rings is 1. The van der Waals surface area contributed by atoms with E-state index < -0.39 is 11.6 Å². The molecule has 1 aromatic carbocycles. The zero-order valence-corrected chi connectivity index (χ0v) is 7.16. The Morgan fingerprint density at radius 2 is 2.00 bits per heavy atom. The summed E-state index contributed by atoms with van der Waals surface area (Å²) in [5.74, 6) is -0.979. The molecule has 60 valence electrons. The summed E-state index contributed by atoms with van der Waals surface area (Å²) in [5.41, 5.74) is 5.34. The minimum atomic E-state index is -0.492. The quantitative estimate of drug-likeness (QED) is 0.724. The van der Waals surface area contributed by atoms with Crippen molar-refractivity contribution < 1.29 is 8.78 Å². The molecule has 1 aromatic rings. The summed E-state index contributed by atoms with van der Waals surface area (Å²) in [6.45, 7) is 0.00218. The molecule has 0 aliphatic heterocycles. The maximum atomic E-state index is 12.9. The Hall–Kier alpha value is -0.480. The maximum Gasteiger partial charge on any atom is 0.142 e. The molecule has 1 rings (SSSR count). The van der Waals surface area contributed by atoms with Gasteiger partial charge in [0, 0.05) is 12.1 Å². The van der Waals surface area contributed by atoms with E-state index in [0.717, 1.165) is 12.1 Å². The highest BCUT2D eigenvalue weighted by atomic mass is 79.9. The van der Waals surface area contributed by atoms with Gasteiger partial charge in [0.15, 0.2) is 0 Å². The molecule has 0 fully saturated rings. The van der Waals surface area contributed by atoms with Gasteiger partial charge in [-0.25, -0.2) is 8.78 Å². The lowest BCUT2D eigenvalue weighted by atomic mass is 10.2. The van der Waals surface area contributed by atoms with E-state index in [2.05, 4.69) is 15.9 Å². The Morgan fingerprint density at radius 3 is 2.55 bits per heavy atom. The molecule has 4 heteroatoms. The summed E-state index contributed by atoms with van der Waals surface area (Å²) < 4.78 is 25.5. The predicted octanol–water partition coefficient (Wildman–Crippen LogP) is 2.19. The molecule has 11 heavy (non-hydrogen) atoms. The van der Waals surface area contributed by atoms with Crippen LogP contribution in [-0.2, 0) is 6.54 Å². The van der Waals surface area contributed by atoms with E-state index in [-0.39, 0.29) is 16.6 Å². The third kappa shape index (κ3) is 1.75. The van der Waals surface area contributed by atoms with E-state index in [1.54, 1.807) is 0 Å². The van der Waals surface area contributed by atoms with Crippen LogP contribution in [0.15, 0.2) is 16.6 Å². The fourth-order valence-corrected chi connectivity index (χ4v) is 1.23. The summed E-state index contributed by atoms with van der Waals surface area (Å²) in [4.78, 5) is 0. The standard InChI is InChI=1S/C7H6BrF2N/c8-6-2-5(9)1-4(3-11)7(6)10/h1-2H,3,11H2. The van der Waals surface area contributed by atoms with Crippen LogP contribution < -0.4 is 5.73 Å². The van der Waals surface area contributed by atoms with Crippen molar-refractivity contribution in [2.45, 2.75) is 6.54 Å². The zero-order valence-electron chi connectivity index (χ0n) is 5.57. The first-order chi connectivity index (χ1) is 5.15. The summed E-state index contributed by atoms with van der Waals surface area (Å²) >= 11 is 2.87. The second kappa shape index (κ2) is 3.28. The number of hydrogen-bond donors (Lipinski definition) is 1. The Labute approximate surface area is 71.3 Å². The SMILES string of the molecule is NCc1cc(F)cc(Br)c1F. The molecule has 0 radical (unpaired) electrons. The van der Waals surface area contributed by atoms with Gasteiger partial charge in [-0.3, -0.25) is 0 Å². The Balaban J connectivity index is 3.24. The number of rotatable bonds is 1. The van der Waals surface area contributed by atoms with Crippen LogP contribution in [0.4, 0.5) is 8.78 Å². The highest BCUT2D eigenvalue weighted by molar-refractivity contribution is 9.10. The highest BCUT2D eigenvalue weighted by Gasteiger charge is 2.06. The highest BCUT2D eigenvalue weighted by Crippen LogP contribution is 2.20. The van der Waals surface area contributed by atoms with Crippen LogP contribution in [0.1, 0.15) is 5.56 Å². The Kier molecular flexibility index (Phi) is 2.57. The van der Waals surface area contributed by atoms with Crippen LogP contribution >= 0.6 is 15.9 Å². The van der Waals surface area contributed by atoms with Gasteiger partial charge in [-0.05, 0) is 28.1 Å². The van der Waals surface area contributed by atoms with Crippen LogP contribution in [0.5, 0.6) is 0 Å². The molecule has 0 bridgehead atoms. The molecule has 1 nitrogen and oxygen atoms in total. The zero-order chi connectivity index (χ0) is 8.43. The molecule has 0 spiro atoms. The Bertz CT molecular complexity index is 275. The lowest BCUT2D eigenvalue weighted by Crippen LogP contribution is -2.01. The summed E-state index contributed by atoms with van der Waals surface area (Å²) in [6, 6.07) is 2.15. The Morgan fingerprint density at radius 1 is 1.36 bits per heavy atom. The van der Waals surface area contributed by atoms with Crippen molar-refractivity contribution in [1.29, 1.82) is 0 Å². The smallest absolute Gasteiger partial charge is 0.142 e. The van der Waals surface area contributed by atoms with E-state index in [4.69, 9.17) is 5.73 Å². The number of hydrogen-bond acceptors (Lipinski definition) is 1. The van der Waals surface area contributed by atoms with E-state index in [9.17, 15) is 8.78 Å². The first-order valence-electron chi connectivity index (χ1n) is 2.98. The van der Waals surface area contributed by atoms with Gasteiger partial charge in [-0.2, -0.15) is 0 Å². The van der Waals surface area contributed by atoms with Gasteiger partial charge < -0.3 is 5.73 Å². The third-order valence-corrected chi connectivity index (χ3v) is 1.87. The molecule has 0 heterocycles. The second-order valence-corrected chi connectivity index (χ2v) is 2.92. The van der Waals surface area contributed by atoms with Crippen LogP contribution in [0.25, 0.3) is 0 Å². The van der Waals surface area contributed by atoms with Gasteiger partial charge >= 0.3 is 0 Å². The predicted molar refractivity (Wildman–Crippen MR) is 41.9 cm³/mol. The van der Waals surface area contributed by atoms with E-state index in [1.807, 2.05) is 0 Å². The molecule has 0 saturated carbocycles. The molecular formula is C7H6BrF2N. The number of nitrogens with two attached hydrogens (primary N) is 1. The molecule has 0 unspecified atom stereocenters. The molecule has 0 aromatic heterocycles. The van der Waals surface area contributed by atoms with Crippen LogP contribution in [0.2, 0.25) is 0 Å². The van der Waals surface area contributed by atoms with Gasteiger partial charge in [-0.15, -0.1) is 0 Å². The normalized spacial score (nSPS) is 10.2. The minimum absolute atomic E-state index is 0.00218. The first kappa shape index (κ1) is 8.62. The molecule has 0 saturated heterocycles. The fraction of sp³-hybridized carbons (Fsp3) is 0.143. The van der Waals surface area contributed by atoms with Crippen molar-refractivity contribution in [2.24, 2.45) is 5.73 Å². The van der Waals surface area contributed by atoms with Crippen molar-refractivity contribution in [3.05, 3.63) is 33.8 Å². The average Bonchev–Trinajstić information content (AvgIpc) is 1.96. The van der Waals surface area contributed by atoms with E-state index in [1.165, 1.54) is 0 Å². The lowest BCUT2D eigenvalue weighted by molar-refractivity contribution is 0.579. The minimum Gasteiger partial charge on any atom is -0.326 e. The monoisotopic (exact) mass is 221 g/mol. The van der Waals surface area contributed by atoms with Gasteiger partial charge in [0.1, 0.15) is 11.6 Å². The van der Waals surface area contributed by atoms with Gasteiger partial charge in [0.25, 0.3) is 0 Å². The lowest BCUT2D eigenvalue weighted by Gasteiger charge is -2.00. The van der Waals surface area contributed by atoms with Crippen LogP contribution in [0.3, 0.4) is 0 Å². The number of halogens is 3. The molecule has 0 aliphatic carbocycles. The van der Waals surface area contributed by atoms with Crippen molar-refractivity contribution in [3.63, 3.8) is 0 Å². The second-order valence-electron chi connectivity index (χ2n) is 2.06. The maximum absolute atomic E-state index is 12.9. The molecule has 0 amide bonds. The third-order valence-electron chi connectivity index (χ3n) is 1.29. The summed E-state index contributed by atoms with van der Waals surface area (Å²) in [6.07, 6.45) is 0. The van der Waals surface area contributed by atoms with Crippen molar-refractivity contribution in [3.8, 4) is 0 Å². The summed E-state index contributed by atoms with van der Waals surface area (Å²) in [5, 5.41) is 0. The van der Waals surface area contributed by atoms with Crippen molar-refractivity contribution in [2.75, 3.05) is 0 Å². The van der Waals surface area contributed by atoms with Gasteiger partial charge in [0.2, 0.25) is 0 Å². The van der Waals surface area contributed by atoms with E-state index >= 15 is 0 Å². The van der Waals surface area contributed by atoms with E-state index in [0.29, 0.717) is 0 Å². The molecular weight excluding hydrogens is 216 g/mol. The summed E-state index contributed by atoms with van der Waals surface area (Å²) in [7, 11) is 0. The van der Waals surface area contributed by atoms with Gasteiger partial charge in [0.05, 0.1) is 4.47 Å². The molecule has 0 aliphatic rings. The first-order valence-corrected chi connectivity index (χ1v) is 3.78. The van der Waals surface area contributed by atoms with Crippen LogP contribution in [0, 0.1) is 11.6 Å². The van der Waals surface area contributed by atoms with Gasteiger partial charge in [-0.1, -0.05) is 0 Å². The molecule has 2 N–H and O–H groups in total. The largest absolute Gasteiger partial charge is 0.326 e. The topological polar surface area (TPSA) is 26.0 Å². The van der Waals surface area contributed by atoms with Crippen LogP contribution in [-0.4, -0.2) is 0 Å². The van der Waals surface area contributed by atoms with Crippen molar-refractivity contribution >= 4 is 15.9 Å². The molecule has 0 atom stereocenters. The van der Waals surface area contributed by atoms with Crippen molar-refractivity contribution in [1.82, 2.24) is 0 Å². The fourth-order valence-electron chi connectivity index (χ4n) is 0.758. The average molecular weight is 222 g/mol.